The molecule has 26 heavy (non-hydrogen) atoms. The Kier molecular flexibility index (Phi) is 3.97. The molecule has 2 aromatic carbocycles. The van der Waals surface area contributed by atoms with Crippen LogP contribution >= 0.6 is 0 Å². The maximum Gasteiger partial charge on any atom is 0.247 e. The molecule has 0 amide bonds. The number of fused-ring (bicyclic) bond motifs is 1. The van der Waals surface area contributed by atoms with Gasteiger partial charge in [0.25, 0.3) is 0 Å². The molecule has 0 atom stereocenters. The SMILES string of the molecule is CC(=O)c1ccc(Nc2nc3c(-c4cccc(C)c4)cccn3n2)cc1. The van der Waals surface area contributed by atoms with Gasteiger partial charge in [-0.3, -0.25) is 4.79 Å². The Hall–Kier alpha value is -3.47. The first kappa shape index (κ1) is 16.0. The highest BCUT2D eigenvalue weighted by Crippen LogP contribution is 2.25. The summed E-state index contributed by atoms with van der Waals surface area (Å²) in [6.45, 7) is 3.63. The van der Waals surface area contributed by atoms with Gasteiger partial charge < -0.3 is 5.32 Å². The maximum atomic E-state index is 11.4. The second kappa shape index (κ2) is 6.44. The van der Waals surface area contributed by atoms with E-state index in [-0.39, 0.29) is 5.78 Å². The number of carbonyl (C=O) groups is 1. The fourth-order valence-corrected chi connectivity index (χ4v) is 2.91. The summed E-state index contributed by atoms with van der Waals surface area (Å²) in [5.74, 6) is 0.561. The van der Waals surface area contributed by atoms with Gasteiger partial charge in [0.05, 0.1) is 0 Å². The van der Waals surface area contributed by atoms with Crippen LogP contribution in [0.2, 0.25) is 0 Å². The van der Waals surface area contributed by atoms with Crippen LogP contribution in [0.1, 0.15) is 22.8 Å². The van der Waals surface area contributed by atoms with Gasteiger partial charge in [-0.2, -0.15) is 4.98 Å². The molecular formula is C21H18N4O. The predicted molar refractivity (Wildman–Crippen MR) is 103 cm³/mol. The lowest BCUT2D eigenvalue weighted by atomic mass is 10.1. The number of Topliss-reactive ketones (excluding diaryl/α,β-unsaturated/α-hetero) is 1. The topological polar surface area (TPSA) is 59.3 Å². The van der Waals surface area contributed by atoms with Crippen LogP contribution in [0.15, 0.2) is 66.9 Å². The molecule has 1 N–H and O–H groups in total. The van der Waals surface area contributed by atoms with Crippen molar-refractivity contribution in [3.63, 3.8) is 0 Å². The van der Waals surface area contributed by atoms with Crippen molar-refractivity contribution in [2.75, 3.05) is 5.32 Å². The van der Waals surface area contributed by atoms with E-state index in [0.717, 1.165) is 22.5 Å². The Balaban J connectivity index is 1.69. The molecule has 2 aromatic heterocycles. The Morgan fingerprint density at radius 3 is 2.58 bits per heavy atom. The van der Waals surface area contributed by atoms with E-state index in [0.29, 0.717) is 11.5 Å². The van der Waals surface area contributed by atoms with Gasteiger partial charge in [0.15, 0.2) is 11.4 Å². The van der Waals surface area contributed by atoms with Crippen molar-refractivity contribution in [1.29, 1.82) is 0 Å². The number of benzene rings is 2. The quantitative estimate of drug-likeness (QED) is 0.548. The van der Waals surface area contributed by atoms with Gasteiger partial charge in [-0.15, -0.1) is 5.10 Å². The van der Waals surface area contributed by atoms with Crippen LogP contribution < -0.4 is 5.32 Å². The Bertz CT molecular complexity index is 1100. The van der Waals surface area contributed by atoms with Crippen molar-refractivity contribution in [2.45, 2.75) is 13.8 Å². The summed E-state index contributed by atoms with van der Waals surface area (Å²) in [6, 6.07) is 19.6. The first-order valence-corrected chi connectivity index (χ1v) is 8.40. The normalized spacial score (nSPS) is 10.8. The molecule has 0 fully saturated rings. The van der Waals surface area contributed by atoms with E-state index in [1.807, 2.05) is 36.5 Å². The molecule has 0 spiro atoms. The first-order chi connectivity index (χ1) is 12.6. The molecule has 4 rings (SSSR count). The average molecular weight is 342 g/mol. The van der Waals surface area contributed by atoms with Crippen molar-refractivity contribution in [2.24, 2.45) is 0 Å². The monoisotopic (exact) mass is 342 g/mol. The van der Waals surface area contributed by atoms with Gasteiger partial charge >= 0.3 is 0 Å². The lowest BCUT2D eigenvalue weighted by Gasteiger charge is -2.03. The highest BCUT2D eigenvalue weighted by Gasteiger charge is 2.10. The van der Waals surface area contributed by atoms with Crippen molar-refractivity contribution < 1.29 is 4.79 Å². The number of hydrogen-bond acceptors (Lipinski definition) is 4. The number of pyridine rings is 1. The summed E-state index contributed by atoms with van der Waals surface area (Å²) in [5, 5.41) is 7.70. The molecule has 0 saturated heterocycles. The van der Waals surface area contributed by atoms with Gasteiger partial charge in [0, 0.05) is 23.0 Å². The number of rotatable bonds is 4. The lowest BCUT2D eigenvalue weighted by molar-refractivity contribution is 0.101. The zero-order valence-electron chi connectivity index (χ0n) is 14.6. The third kappa shape index (κ3) is 3.07. The highest BCUT2D eigenvalue weighted by atomic mass is 16.1. The molecule has 0 unspecified atom stereocenters. The van der Waals surface area contributed by atoms with Crippen LogP contribution in [0.4, 0.5) is 11.6 Å². The molecule has 0 aliphatic rings. The number of nitrogens with zero attached hydrogens (tertiary/aromatic N) is 3. The number of nitrogens with one attached hydrogen (secondary N) is 1. The zero-order valence-corrected chi connectivity index (χ0v) is 14.6. The second-order valence-electron chi connectivity index (χ2n) is 6.25. The molecule has 0 aliphatic heterocycles. The Morgan fingerprint density at radius 2 is 1.85 bits per heavy atom. The number of anilines is 2. The van der Waals surface area contributed by atoms with Crippen molar-refractivity contribution >= 4 is 23.1 Å². The summed E-state index contributed by atoms with van der Waals surface area (Å²) >= 11 is 0. The largest absolute Gasteiger partial charge is 0.323 e. The summed E-state index contributed by atoms with van der Waals surface area (Å²) in [6.07, 6.45) is 1.88. The van der Waals surface area contributed by atoms with Crippen LogP contribution in [0, 0.1) is 6.92 Å². The summed E-state index contributed by atoms with van der Waals surface area (Å²) in [5.41, 5.74) is 5.65. The lowest BCUT2D eigenvalue weighted by Crippen LogP contribution is -1.95. The van der Waals surface area contributed by atoms with Crippen LogP contribution in [0.3, 0.4) is 0 Å². The minimum absolute atomic E-state index is 0.0465. The molecule has 0 saturated carbocycles. The van der Waals surface area contributed by atoms with E-state index >= 15 is 0 Å². The summed E-state index contributed by atoms with van der Waals surface area (Å²) in [7, 11) is 0. The standard InChI is InChI=1S/C21H18N4O/c1-14-5-3-6-17(13-14)19-7-4-12-25-20(19)23-21(24-25)22-18-10-8-16(9-11-18)15(2)26/h3-13H,1-2H3,(H,22,24). The van der Waals surface area contributed by atoms with E-state index < -0.39 is 0 Å². The number of hydrogen-bond donors (Lipinski definition) is 1. The molecular weight excluding hydrogens is 324 g/mol. The molecule has 5 nitrogen and oxygen atoms in total. The van der Waals surface area contributed by atoms with E-state index in [1.54, 1.807) is 23.6 Å². The molecule has 5 heteroatoms. The van der Waals surface area contributed by atoms with Crippen LogP contribution in [-0.4, -0.2) is 20.4 Å². The van der Waals surface area contributed by atoms with Crippen LogP contribution in [-0.2, 0) is 0 Å². The van der Waals surface area contributed by atoms with Gasteiger partial charge in [0.2, 0.25) is 5.95 Å². The summed E-state index contributed by atoms with van der Waals surface area (Å²) < 4.78 is 1.77. The van der Waals surface area contributed by atoms with Gasteiger partial charge in [-0.25, -0.2) is 4.52 Å². The van der Waals surface area contributed by atoms with E-state index in [9.17, 15) is 4.79 Å². The summed E-state index contributed by atoms with van der Waals surface area (Å²) in [4.78, 5) is 16.0. The van der Waals surface area contributed by atoms with Crippen LogP contribution in [0.5, 0.6) is 0 Å². The third-order valence-corrected chi connectivity index (χ3v) is 4.24. The first-order valence-electron chi connectivity index (χ1n) is 8.40. The maximum absolute atomic E-state index is 11.4. The smallest absolute Gasteiger partial charge is 0.247 e. The van der Waals surface area contributed by atoms with Gasteiger partial charge in [0.1, 0.15) is 0 Å². The van der Waals surface area contributed by atoms with Crippen LogP contribution in [0.25, 0.3) is 16.8 Å². The molecule has 0 aliphatic carbocycles. The minimum Gasteiger partial charge on any atom is -0.323 e. The highest BCUT2D eigenvalue weighted by molar-refractivity contribution is 5.94. The predicted octanol–water partition coefficient (Wildman–Crippen LogP) is 4.65. The van der Waals surface area contributed by atoms with E-state index in [2.05, 4.69) is 40.5 Å². The Morgan fingerprint density at radius 1 is 1.04 bits per heavy atom. The van der Waals surface area contributed by atoms with Gasteiger partial charge in [-0.1, -0.05) is 29.8 Å². The minimum atomic E-state index is 0.0465. The number of carbonyl (C=O) groups excluding carboxylic acids is 1. The zero-order chi connectivity index (χ0) is 18.1. The number of aromatic nitrogens is 3. The fraction of sp³-hybridized carbons (Fsp3) is 0.0952. The molecule has 128 valence electrons. The second-order valence-corrected chi connectivity index (χ2v) is 6.25. The van der Waals surface area contributed by atoms with Crippen molar-refractivity contribution in [1.82, 2.24) is 14.6 Å². The average Bonchev–Trinajstić information content (AvgIpc) is 3.04. The Labute approximate surface area is 151 Å². The third-order valence-electron chi connectivity index (χ3n) is 4.24. The van der Waals surface area contributed by atoms with E-state index in [1.165, 1.54) is 5.56 Å². The molecule has 0 radical (unpaired) electrons. The fourth-order valence-electron chi connectivity index (χ4n) is 2.91. The number of ketones is 1. The van der Waals surface area contributed by atoms with E-state index in [4.69, 9.17) is 0 Å². The van der Waals surface area contributed by atoms with Gasteiger partial charge in [-0.05, 0) is 55.8 Å². The molecule has 4 aromatic rings. The van der Waals surface area contributed by atoms with Crippen molar-refractivity contribution in [3.05, 3.63) is 78.0 Å². The molecule has 0 bridgehead atoms. The molecule has 2 heterocycles. The number of aryl methyl sites for hydroxylation is 1. The van der Waals surface area contributed by atoms with Crippen molar-refractivity contribution in [3.8, 4) is 11.1 Å².